The molecule has 0 fully saturated rings. The highest BCUT2D eigenvalue weighted by molar-refractivity contribution is 9.09. The Morgan fingerprint density at radius 3 is 2.28 bits per heavy atom. The maximum atomic E-state index is 6.37. The van der Waals surface area contributed by atoms with Crippen LogP contribution in [0.5, 0.6) is 0 Å². The first-order chi connectivity index (χ1) is 8.55. The molecule has 0 N–H and O–H groups in total. The molecule has 0 unspecified atom stereocenters. The van der Waals surface area contributed by atoms with Gasteiger partial charge in [-0.15, -0.1) is 0 Å². The molecule has 0 amide bonds. The maximum absolute atomic E-state index is 6.37. The number of hydrogen-bond acceptors (Lipinski definition) is 0. The van der Waals surface area contributed by atoms with E-state index in [0.29, 0.717) is 0 Å². The second kappa shape index (κ2) is 7.91. The highest BCUT2D eigenvalue weighted by atomic mass is 79.9. The zero-order valence-electron chi connectivity index (χ0n) is 11.1. The molecule has 0 aromatic heterocycles. The predicted octanol–water partition coefficient (Wildman–Crippen LogP) is 6.19. The molecule has 1 aromatic carbocycles. The van der Waals surface area contributed by atoms with E-state index in [2.05, 4.69) is 57.8 Å². The van der Waals surface area contributed by atoms with Gasteiger partial charge in [0.2, 0.25) is 0 Å². The van der Waals surface area contributed by atoms with Gasteiger partial charge in [-0.1, -0.05) is 88.3 Å². The van der Waals surface area contributed by atoms with E-state index in [9.17, 15) is 0 Å². The fourth-order valence-electron chi connectivity index (χ4n) is 2.19. The summed E-state index contributed by atoms with van der Waals surface area (Å²) in [6.45, 7) is 4.55. The first kappa shape index (κ1) is 16.5. The molecule has 3 heteroatoms. The number of rotatable bonds is 7. The Kier molecular flexibility index (Phi) is 7.27. The van der Waals surface area contributed by atoms with Gasteiger partial charge >= 0.3 is 0 Å². The molecule has 0 nitrogen and oxygen atoms in total. The SMILES string of the molecule is CC(C)CCCC(CBr)(CBr)c1ccccc1Cl. The van der Waals surface area contributed by atoms with Crippen molar-refractivity contribution in [3.05, 3.63) is 34.9 Å². The van der Waals surface area contributed by atoms with Crippen molar-refractivity contribution in [1.82, 2.24) is 0 Å². The molecule has 18 heavy (non-hydrogen) atoms. The Hall–Kier alpha value is 0.470. The average Bonchev–Trinajstić information content (AvgIpc) is 2.36. The van der Waals surface area contributed by atoms with E-state index >= 15 is 0 Å². The molecule has 0 aliphatic heterocycles. The zero-order chi connectivity index (χ0) is 13.6. The van der Waals surface area contributed by atoms with Gasteiger partial charge in [-0.2, -0.15) is 0 Å². The van der Waals surface area contributed by atoms with Crippen molar-refractivity contribution >= 4 is 43.5 Å². The molecule has 0 heterocycles. The zero-order valence-corrected chi connectivity index (χ0v) is 15.0. The van der Waals surface area contributed by atoms with Gasteiger partial charge in [0, 0.05) is 21.1 Å². The van der Waals surface area contributed by atoms with Crippen LogP contribution in [-0.2, 0) is 5.41 Å². The number of alkyl halides is 2. The van der Waals surface area contributed by atoms with Crippen LogP contribution in [0.2, 0.25) is 5.02 Å². The Bertz CT molecular complexity index is 359. The van der Waals surface area contributed by atoms with Gasteiger partial charge in [-0.25, -0.2) is 0 Å². The van der Waals surface area contributed by atoms with E-state index in [-0.39, 0.29) is 5.41 Å². The van der Waals surface area contributed by atoms with Gasteiger partial charge in [0.25, 0.3) is 0 Å². The van der Waals surface area contributed by atoms with Crippen molar-refractivity contribution in [2.45, 2.75) is 38.5 Å². The van der Waals surface area contributed by atoms with Crippen molar-refractivity contribution in [3.8, 4) is 0 Å². The standard InChI is InChI=1S/C15H21Br2Cl/c1-12(2)6-5-9-15(10-16,11-17)13-7-3-4-8-14(13)18/h3-4,7-8,12H,5-6,9-11H2,1-2H3. The Labute approximate surface area is 133 Å². The van der Waals surface area contributed by atoms with Crippen molar-refractivity contribution in [2.24, 2.45) is 5.92 Å². The van der Waals surface area contributed by atoms with Crippen LogP contribution in [0.25, 0.3) is 0 Å². The molecule has 0 radical (unpaired) electrons. The molecule has 0 aliphatic carbocycles. The first-order valence-electron chi connectivity index (χ1n) is 6.42. The molecule has 0 spiro atoms. The summed E-state index contributed by atoms with van der Waals surface area (Å²) in [7, 11) is 0. The van der Waals surface area contributed by atoms with Crippen molar-refractivity contribution in [2.75, 3.05) is 10.7 Å². The van der Waals surface area contributed by atoms with Crippen LogP contribution in [0.1, 0.15) is 38.7 Å². The third kappa shape index (κ3) is 4.25. The lowest BCUT2D eigenvalue weighted by molar-refractivity contribution is 0.440. The minimum atomic E-state index is 0.104. The van der Waals surface area contributed by atoms with E-state index in [1.165, 1.54) is 18.4 Å². The van der Waals surface area contributed by atoms with Gasteiger partial charge in [0.1, 0.15) is 0 Å². The lowest BCUT2D eigenvalue weighted by Gasteiger charge is -2.32. The average molecular weight is 397 g/mol. The summed E-state index contributed by atoms with van der Waals surface area (Å²) in [6.07, 6.45) is 3.66. The van der Waals surface area contributed by atoms with Crippen molar-refractivity contribution < 1.29 is 0 Å². The van der Waals surface area contributed by atoms with Gasteiger partial charge in [-0.05, 0) is 24.0 Å². The number of hydrogen-bond donors (Lipinski definition) is 0. The molecular weight excluding hydrogens is 375 g/mol. The fraction of sp³-hybridized carbons (Fsp3) is 0.600. The quantitative estimate of drug-likeness (QED) is 0.482. The molecule has 0 bridgehead atoms. The molecular formula is C15H21Br2Cl. The summed E-state index contributed by atoms with van der Waals surface area (Å²) in [5.41, 5.74) is 1.36. The third-order valence-corrected chi connectivity index (χ3v) is 5.87. The first-order valence-corrected chi connectivity index (χ1v) is 9.05. The van der Waals surface area contributed by atoms with E-state index in [1.807, 2.05) is 12.1 Å². The molecule has 1 aromatic rings. The van der Waals surface area contributed by atoms with Crippen LogP contribution in [-0.4, -0.2) is 10.7 Å². The largest absolute Gasteiger partial charge is 0.0918 e. The Morgan fingerprint density at radius 1 is 1.17 bits per heavy atom. The third-order valence-electron chi connectivity index (χ3n) is 3.39. The smallest absolute Gasteiger partial charge is 0.0444 e. The second-order valence-electron chi connectivity index (χ2n) is 5.31. The monoisotopic (exact) mass is 394 g/mol. The lowest BCUT2D eigenvalue weighted by atomic mass is 9.79. The fourth-order valence-corrected chi connectivity index (χ4v) is 4.62. The van der Waals surface area contributed by atoms with Crippen LogP contribution in [0.15, 0.2) is 24.3 Å². The van der Waals surface area contributed by atoms with Crippen LogP contribution >= 0.6 is 43.5 Å². The molecule has 0 aliphatic rings. The topological polar surface area (TPSA) is 0 Å². The van der Waals surface area contributed by atoms with Gasteiger partial charge < -0.3 is 0 Å². The van der Waals surface area contributed by atoms with Crippen LogP contribution < -0.4 is 0 Å². The van der Waals surface area contributed by atoms with Gasteiger partial charge in [-0.3, -0.25) is 0 Å². The summed E-state index contributed by atoms with van der Waals surface area (Å²) in [4.78, 5) is 0. The normalized spacial score (nSPS) is 12.1. The maximum Gasteiger partial charge on any atom is 0.0444 e. The highest BCUT2D eigenvalue weighted by Gasteiger charge is 2.31. The summed E-state index contributed by atoms with van der Waals surface area (Å²) >= 11 is 13.7. The minimum Gasteiger partial charge on any atom is -0.0918 e. The van der Waals surface area contributed by atoms with E-state index in [1.54, 1.807) is 0 Å². The number of halogens is 3. The predicted molar refractivity (Wildman–Crippen MR) is 89.4 cm³/mol. The number of benzene rings is 1. The summed E-state index contributed by atoms with van der Waals surface area (Å²) in [6, 6.07) is 8.20. The van der Waals surface area contributed by atoms with E-state index < -0.39 is 0 Å². The van der Waals surface area contributed by atoms with Crippen LogP contribution in [0.4, 0.5) is 0 Å². The lowest BCUT2D eigenvalue weighted by Crippen LogP contribution is -2.30. The van der Waals surface area contributed by atoms with Crippen LogP contribution in [0, 0.1) is 5.92 Å². The Balaban J connectivity index is 2.89. The second-order valence-corrected chi connectivity index (χ2v) is 6.84. The van der Waals surface area contributed by atoms with Crippen LogP contribution in [0.3, 0.4) is 0 Å². The highest BCUT2D eigenvalue weighted by Crippen LogP contribution is 2.38. The summed E-state index contributed by atoms with van der Waals surface area (Å²) in [5.74, 6) is 0.764. The molecule has 0 saturated carbocycles. The summed E-state index contributed by atoms with van der Waals surface area (Å²) in [5, 5.41) is 2.75. The van der Waals surface area contributed by atoms with Gasteiger partial charge in [0.15, 0.2) is 0 Å². The van der Waals surface area contributed by atoms with Crippen molar-refractivity contribution in [1.29, 1.82) is 0 Å². The molecule has 102 valence electrons. The molecule has 0 atom stereocenters. The van der Waals surface area contributed by atoms with Gasteiger partial charge in [0.05, 0.1) is 0 Å². The Morgan fingerprint density at radius 2 is 1.78 bits per heavy atom. The molecule has 1 rings (SSSR count). The van der Waals surface area contributed by atoms with E-state index in [4.69, 9.17) is 11.6 Å². The molecule has 0 saturated heterocycles. The van der Waals surface area contributed by atoms with Crippen molar-refractivity contribution in [3.63, 3.8) is 0 Å². The summed E-state index contributed by atoms with van der Waals surface area (Å²) < 4.78 is 0. The van der Waals surface area contributed by atoms with E-state index in [0.717, 1.165) is 28.0 Å². The minimum absolute atomic E-state index is 0.104.